The smallest absolute Gasteiger partial charge is 0.246 e. The van der Waals surface area contributed by atoms with E-state index in [0.717, 1.165) is 21.6 Å². The summed E-state index contributed by atoms with van der Waals surface area (Å²) in [5, 5.41) is 27.4. The standard InChI is InChI=1S/C42H64N12O12S2/c1-5-21(4)34-41(65)51-28(16-32(45)57)37(61)49-27(15-31(44)56)38(62)52-29(19-68-67-18-24(43)35(59)48-26(39(63)53-34)14-22-8-10-23(55)11-9-22)42(66)54-12-6-7-30(54)40(64)50-25(13-20(2)3)36(60)47-17-33(46)58/h8-11,20-21,24-30,34,55H,5-7,12-19,43H2,1-4H3,(H2,44,56)(H2,45,57)(H2,46,58)(H,47,60)(H,48,59)(H,49,61)(H,50,64)(H,51,65)(H,52,62)(H,53,63)/t21-,24-,25-,26-,27-,28?,29-,30-,34-/m0/s1. The van der Waals surface area contributed by atoms with E-state index < -0.39 is 139 Å². The van der Waals surface area contributed by atoms with Crippen LogP contribution >= 0.6 is 21.6 Å². The number of nitrogens with one attached hydrogen (secondary N) is 7. The van der Waals surface area contributed by atoms with Crippen LogP contribution in [-0.4, -0.2) is 148 Å². The first kappa shape index (κ1) is 56.2. The number of carbonyl (C=O) groups excluding carboxylic acids is 11. The Morgan fingerprint density at radius 2 is 1.32 bits per heavy atom. The van der Waals surface area contributed by atoms with E-state index in [1.807, 2.05) is 13.8 Å². The first-order valence-electron chi connectivity index (χ1n) is 22.0. The molecule has 1 aromatic rings. The molecule has 68 heavy (non-hydrogen) atoms. The number of benzene rings is 1. The first-order chi connectivity index (χ1) is 32.0. The molecule has 1 unspecified atom stereocenters. The van der Waals surface area contributed by atoms with Gasteiger partial charge in [-0.25, -0.2) is 0 Å². The number of amides is 11. The number of rotatable bonds is 16. The summed E-state index contributed by atoms with van der Waals surface area (Å²) in [6.07, 6.45) is -0.745. The molecular weight excluding hydrogens is 929 g/mol. The Labute approximate surface area is 401 Å². The fraction of sp³-hybridized carbons (Fsp3) is 0.595. The lowest BCUT2D eigenvalue weighted by Gasteiger charge is -2.31. The van der Waals surface area contributed by atoms with E-state index in [-0.39, 0.29) is 49.0 Å². The molecule has 376 valence electrons. The van der Waals surface area contributed by atoms with E-state index in [1.165, 1.54) is 29.2 Å². The van der Waals surface area contributed by atoms with Crippen LogP contribution in [0.1, 0.15) is 71.8 Å². The van der Waals surface area contributed by atoms with E-state index in [4.69, 9.17) is 22.9 Å². The van der Waals surface area contributed by atoms with Crippen molar-refractivity contribution in [1.29, 1.82) is 0 Å². The van der Waals surface area contributed by atoms with Crippen LogP contribution in [0.2, 0.25) is 0 Å². The molecule has 0 aromatic heterocycles. The third-order valence-corrected chi connectivity index (χ3v) is 13.5. The lowest BCUT2D eigenvalue weighted by Crippen LogP contribution is -2.62. The van der Waals surface area contributed by atoms with Crippen LogP contribution in [-0.2, 0) is 59.2 Å². The highest BCUT2D eigenvalue weighted by molar-refractivity contribution is 8.76. The molecule has 2 heterocycles. The molecule has 11 amide bonds. The van der Waals surface area contributed by atoms with Gasteiger partial charge in [0, 0.05) is 24.5 Å². The largest absolute Gasteiger partial charge is 0.508 e. The van der Waals surface area contributed by atoms with E-state index in [0.29, 0.717) is 18.4 Å². The van der Waals surface area contributed by atoms with Gasteiger partial charge in [0.25, 0.3) is 0 Å². The van der Waals surface area contributed by atoms with Crippen molar-refractivity contribution < 1.29 is 57.8 Å². The molecule has 0 saturated carbocycles. The Morgan fingerprint density at radius 3 is 1.90 bits per heavy atom. The normalized spacial score (nSPS) is 24.5. The van der Waals surface area contributed by atoms with Crippen molar-refractivity contribution in [3.8, 4) is 5.75 Å². The van der Waals surface area contributed by atoms with E-state index >= 15 is 0 Å². The minimum absolute atomic E-state index is 0.0430. The monoisotopic (exact) mass is 992 g/mol. The van der Waals surface area contributed by atoms with E-state index in [2.05, 4.69) is 37.2 Å². The second kappa shape index (κ2) is 27.0. The second-order valence-corrected chi connectivity index (χ2v) is 19.6. The molecule has 9 atom stereocenters. The zero-order chi connectivity index (χ0) is 50.8. The maximum absolute atomic E-state index is 14.5. The summed E-state index contributed by atoms with van der Waals surface area (Å²) in [5.41, 5.74) is 22.9. The van der Waals surface area contributed by atoms with Gasteiger partial charge in [0.1, 0.15) is 48.0 Å². The number of primary amides is 3. The van der Waals surface area contributed by atoms with Gasteiger partial charge in [0.2, 0.25) is 65.0 Å². The highest BCUT2D eigenvalue weighted by Gasteiger charge is 2.41. The predicted molar refractivity (Wildman–Crippen MR) is 250 cm³/mol. The summed E-state index contributed by atoms with van der Waals surface area (Å²) < 4.78 is 0. The topological polar surface area (TPSA) is 400 Å². The van der Waals surface area contributed by atoms with Gasteiger partial charge in [-0.2, -0.15) is 0 Å². The number of phenolic OH excluding ortho intramolecular Hbond substituents is 1. The van der Waals surface area contributed by atoms with Gasteiger partial charge in [-0.05, 0) is 48.8 Å². The average Bonchev–Trinajstić information content (AvgIpc) is 3.77. The zero-order valence-corrected chi connectivity index (χ0v) is 40.0. The summed E-state index contributed by atoms with van der Waals surface area (Å²) in [4.78, 5) is 148. The Bertz CT molecular complexity index is 2030. The van der Waals surface area contributed by atoms with Gasteiger partial charge in [-0.15, -0.1) is 0 Å². The van der Waals surface area contributed by atoms with Crippen LogP contribution in [0.3, 0.4) is 0 Å². The Morgan fingerprint density at radius 1 is 0.765 bits per heavy atom. The van der Waals surface area contributed by atoms with Crippen LogP contribution in [0.15, 0.2) is 24.3 Å². The SMILES string of the molecule is CC[C@H](C)[C@@H]1NC(=O)[C@H](Cc2ccc(O)cc2)NC(=O)[C@@H](N)CSSC[C@@H](C(=O)N2CCC[C@H]2C(=O)N[C@@H](CC(C)C)C(=O)NCC(N)=O)NC(=O)[C@H](CC(N)=O)NC(=O)C(CC(N)=O)NC1=O. The molecule has 2 aliphatic heterocycles. The van der Waals surface area contributed by atoms with Gasteiger partial charge >= 0.3 is 0 Å². The predicted octanol–water partition coefficient (Wildman–Crippen LogP) is -4.00. The number of hydrogen-bond donors (Lipinski definition) is 12. The molecule has 2 aliphatic rings. The number of likely N-dealkylation sites (tertiary alicyclic amines) is 1. The highest BCUT2D eigenvalue weighted by atomic mass is 33.1. The summed E-state index contributed by atoms with van der Waals surface area (Å²) >= 11 is 0. The number of nitrogens with two attached hydrogens (primary N) is 4. The van der Waals surface area contributed by atoms with Crippen molar-refractivity contribution in [2.45, 2.75) is 121 Å². The van der Waals surface area contributed by atoms with Crippen LogP contribution < -0.4 is 60.2 Å². The Hall–Kier alpha value is -6.15. The number of hydrogen-bond acceptors (Lipinski definition) is 15. The Kier molecular flexibility index (Phi) is 22.3. The molecule has 16 N–H and O–H groups in total. The van der Waals surface area contributed by atoms with E-state index in [9.17, 15) is 57.8 Å². The summed E-state index contributed by atoms with van der Waals surface area (Å²) in [6.45, 7) is 6.55. The summed E-state index contributed by atoms with van der Waals surface area (Å²) in [5.74, 6) is -10.9. The maximum Gasteiger partial charge on any atom is 0.246 e. The fourth-order valence-electron chi connectivity index (χ4n) is 7.20. The molecule has 1 aromatic carbocycles. The minimum atomic E-state index is -1.79. The third kappa shape index (κ3) is 17.8. The molecule has 0 radical (unpaired) electrons. The van der Waals surface area contributed by atoms with Crippen LogP contribution in [0.25, 0.3) is 0 Å². The van der Waals surface area contributed by atoms with E-state index in [1.54, 1.807) is 13.8 Å². The molecule has 26 heteroatoms. The molecule has 0 bridgehead atoms. The number of carbonyl (C=O) groups is 11. The maximum atomic E-state index is 14.5. The van der Waals surface area contributed by atoms with Crippen LogP contribution in [0.5, 0.6) is 5.75 Å². The second-order valence-electron chi connectivity index (χ2n) is 17.1. The van der Waals surface area contributed by atoms with Gasteiger partial charge in [0.15, 0.2) is 0 Å². The minimum Gasteiger partial charge on any atom is -0.508 e. The fourth-order valence-corrected chi connectivity index (χ4v) is 9.48. The van der Waals surface area contributed by atoms with Crippen molar-refractivity contribution in [1.82, 2.24) is 42.1 Å². The molecule has 0 aliphatic carbocycles. The van der Waals surface area contributed by atoms with Gasteiger partial charge < -0.3 is 70.2 Å². The van der Waals surface area contributed by atoms with Crippen molar-refractivity contribution in [2.75, 3.05) is 24.6 Å². The van der Waals surface area contributed by atoms with Crippen molar-refractivity contribution in [3.05, 3.63) is 29.8 Å². The summed E-state index contributed by atoms with van der Waals surface area (Å²) in [7, 11) is 2.03. The van der Waals surface area contributed by atoms with Crippen LogP contribution in [0.4, 0.5) is 0 Å². The zero-order valence-electron chi connectivity index (χ0n) is 38.4. The highest BCUT2D eigenvalue weighted by Crippen LogP contribution is 2.26. The lowest BCUT2D eigenvalue weighted by atomic mass is 9.96. The quantitative estimate of drug-likeness (QED) is 0.0703. The number of phenols is 1. The van der Waals surface area contributed by atoms with Crippen molar-refractivity contribution in [2.24, 2.45) is 34.8 Å². The van der Waals surface area contributed by atoms with Crippen molar-refractivity contribution in [3.63, 3.8) is 0 Å². The molecule has 2 saturated heterocycles. The third-order valence-electron chi connectivity index (χ3n) is 11.0. The Balaban J connectivity index is 2.04. The first-order valence-corrected chi connectivity index (χ1v) is 24.5. The molecule has 24 nitrogen and oxygen atoms in total. The van der Waals surface area contributed by atoms with Gasteiger partial charge in [-0.1, -0.05) is 67.8 Å². The van der Waals surface area contributed by atoms with Crippen molar-refractivity contribution >= 4 is 86.6 Å². The average molecular weight is 993 g/mol. The number of aromatic hydroxyl groups is 1. The van der Waals surface area contributed by atoms with Gasteiger partial charge in [0.05, 0.1) is 25.4 Å². The lowest BCUT2D eigenvalue weighted by molar-refractivity contribution is -0.142. The van der Waals surface area contributed by atoms with Crippen LogP contribution in [0, 0.1) is 11.8 Å². The van der Waals surface area contributed by atoms with Gasteiger partial charge in [-0.3, -0.25) is 52.7 Å². The molecule has 0 spiro atoms. The molecule has 2 fully saturated rings. The summed E-state index contributed by atoms with van der Waals surface area (Å²) in [6, 6.07) is -5.38. The molecular formula is C42H64N12O12S2. The number of nitrogens with zero attached hydrogens (tertiary/aromatic N) is 1. The molecule has 3 rings (SSSR count).